The van der Waals surface area contributed by atoms with Crippen molar-refractivity contribution in [2.24, 2.45) is 0 Å². The Morgan fingerprint density at radius 3 is 3.00 bits per heavy atom. The molecule has 5 nitrogen and oxygen atoms in total. The van der Waals surface area contributed by atoms with Gasteiger partial charge in [-0.05, 0) is 6.07 Å². The molecular weight excluding hydrogens is 245 g/mol. The van der Waals surface area contributed by atoms with Crippen LogP contribution in [-0.4, -0.2) is 21.5 Å². The summed E-state index contributed by atoms with van der Waals surface area (Å²) in [6.45, 7) is 1.23. The molecule has 3 N–H and O–H groups in total. The molecule has 17 heavy (non-hydrogen) atoms. The second-order valence-electron chi connectivity index (χ2n) is 3.45. The summed E-state index contributed by atoms with van der Waals surface area (Å²) in [5, 5.41) is 10.6. The molecule has 0 aliphatic rings. The highest BCUT2D eigenvalue weighted by atomic mass is 35.5. The molecule has 0 atom stereocenters. The van der Waals surface area contributed by atoms with Gasteiger partial charge in [-0.3, -0.25) is 4.68 Å². The Labute approximate surface area is 102 Å². The van der Waals surface area contributed by atoms with E-state index in [2.05, 4.69) is 15.6 Å². The predicted octanol–water partition coefficient (Wildman–Crippen LogP) is 1.76. The number of nitrogens with two attached hydrogens (primary N) is 1. The Morgan fingerprint density at radius 1 is 1.47 bits per heavy atom. The van der Waals surface area contributed by atoms with E-state index in [1.165, 1.54) is 12.1 Å². The molecule has 0 fully saturated rings. The molecule has 0 aliphatic carbocycles. The number of hydrogen-bond donors (Lipinski definition) is 2. The molecule has 0 aliphatic heterocycles. The van der Waals surface area contributed by atoms with E-state index in [-0.39, 0.29) is 5.02 Å². The van der Waals surface area contributed by atoms with E-state index in [0.29, 0.717) is 24.5 Å². The quantitative estimate of drug-likeness (QED) is 0.817. The van der Waals surface area contributed by atoms with Crippen molar-refractivity contribution in [1.29, 1.82) is 0 Å². The van der Waals surface area contributed by atoms with E-state index in [1.54, 1.807) is 17.1 Å². The zero-order valence-corrected chi connectivity index (χ0v) is 9.65. The van der Waals surface area contributed by atoms with Gasteiger partial charge in [0.25, 0.3) is 0 Å². The van der Waals surface area contributed by atoms with Crippen molar-refractivity contribution in [2.75, 3.05) is 17.6 Å². The second kappa shape index (κ2) is 5.01. The molecule has 0 saturated heterocycles. The number of hydrogen-bond acceptors (Lipinski definition) is 4. The first kappa shape index (κ1) is 11.7. The monoisotopic (exact) mass is 255 g/mol. The van der Waals surface area contributed by atoms with Gasteiger partial charge in [0.05, 0.1) is 29.1 Å². The van der Waals surface area contributed by atoms with Gasteiger partial charge in [-0.15, -0.1) is 5.10 Å². The normalized spacial score (nSPS) is 10.5. The number of nitrogens with zero attached hydrogens (tertiary/aromatic N) is 3. The zero-order chi connectivity index (χ0) is 12.3. The third kappa shape index (κ3) is 2.85. The number of benzene rings is 1. The molecule has 0 spiro atoms. The van der Waals surface area contributed by atoms with Crippen LogP contribution in [0.25, 0.3) is 0 Å². The lowest BCUT2D eigenvalue weighted by Crippen LogP contribution is -2.12. The summed E-state index contributed by atoms with van der Waals surface area (Å²) < 4.78 is 14.7. The average molecular weight is 256 g/mol. The summed E-state index contributed by atoms with van der Waals surface area (Å²) in [4.78, 5) is 0. The van der Waals surface area contributed by atoms with Crippen molar-refractivity contribution in [3.05, 3.63) is 35.4 Å². The highest BCUT2D eigenvalue weighted by molar-refractivity contribution is 6.31. The fraction of sp³-hybridized carbons (Fsp3) is 0.200. The Hall–Kier alpha value is -1.82. The van der Waals surface area contributed by atoms with Crippen LogP contribution < -0.4 is 11.1 Å². The van der Waals surface area contributed by atoms with Crippen LogP contribution in [0.15, 0.2) is 24.5 Å². The van der Waals surface area contributed by atoms with Gasteiger partial charge in [-0.2, -0.15) is 0 Å². The number of nitrogen functional groups attached to an aromatic ring is 1. The van der Waals surface area contributed by atoms with Crippen molar-refractivity contribution < 1.29 is 4.39 Å². The van der Waals surface area contributed by atoms with E-state index in [1.807, 2.05) is 0 Å². The Bertz CT molecular complexity index is 500. The maximum Gasteiger partial charge on any atom is 0.143 e. The van der Waals surface area contributed by atoms with E-state index in [9.17, 15) is 4.39 Å². The van der Waals surface area contributed by atoms with Gasteiger partial charge >= 0.3 is 0 Å². The summed E-state index contributed by atoms with van der Waals surface area (Å²) in [7, 11) is 0. The van der Waals surface area contributed by atoms with Crippen LogP contribution in [0.5, 0.6) is 0 Å². The third-order valence-corrected chi connectivity index (χ3v) is 2.51. The summed E-state index contributed by atoms with van der Waals surface area (Å²) in [6.07, 6.45) is 3.35. The van der Waals surface area contributed by atoms with Gasteiger partial charge in [0, 0.05) is 18.8 Å². The molecule has 1 aromatic carbocycles. The fourth-order valence-corrected chi connectivity index (χ4v) is 1.54. The minimum absolute atomic E-state index is 0.0439. The van der Waals surface area contributed by atoms with Crippen molar-refractivity contribution in [3.8, 4) is 0 Å². The van der Waals surface area contributed by atoms with Crippen LogP contribution in [0.3, 0.4) is 0 Å². The van der Waals surface area contributed by atoms with Gasteiger partial charge < -0.3 is 11.1 Å². The zero-order valence-electron chi connectivity index (χ0n) is 8.90. The van der Waals surface area contributed by atoms with Crippen LogP contribution in [0.4, 0.5) is 15.8 Å². The molecule has 0 bridgehead atoms. The lowest BCUT2D eigenvalue weighted by Gasteiger charge is -2.10. The lowest BCUT2D eigenvalue weighted by atomic mass is 10.2. The molecule has 1 aromatic heterocycles. The van der Waals surface area contributed by atoms with Crippen LogP contribution >= 0.6 is 11.6 Å². The highest BCUT2D eigenvalue weighted by Crippen LogP contribution is 2.25. The molecule has 1 heterocycles. The summed E-state index contributed by atoms with van der Waals surface area (Å²) in [5.74, 6) is -0.522. The van der Waals surface area contributed by atoms with Crippen LogP contribution in [-0.2, 0) is 6.54 Å². The first-order valence-electron chi connectivity index (χ1n) is 4.99. The van der Waals surface area contributed by atoms with Gasteiger partial charge in [0.2, 0.25) is 0 Å². The Balaban J connectivity index is 1.97. The summed E-state index contributed by atoms with van der Waals surface area (Å²) in [5.41, 5.74) is 6.59. The van der Waals surface area contributed by atoms with E-state index in [0.717, 1.165) is 0 Å². The fourth-order valence-electron chi connectivity index (χ4n) is 1.37. The molecule has 0 saturated carbocycles. The maximum absolute atomic E-state index is 13.0. The predicted molar refractivity (Wildman–Crippen MR) is 64.3 cm³/mol. The van der Waals surface area contributed by atoms with E-state index in [4.69, 9.17) is 17.3 Å². The topological polar surface area (TPSA) is 68.8 Å². The summed E-state index contributed by atoms with van der Waals surface area (Å²) in [6, 6.07) is 2.66. The molecule has 7 heteroatoms. The smallest absolute Gasteiger partial charge is 0.143 e. The number of nitrogens with one attached hydrogen (secondary N) is 1. The van der Waals surface area contributed by atoms with Crippen molar-refractivity contribution in [3.63, 3.8) is 0 Å². The molecule has 0 amide bonds. The van der Waals surface area contributed by atoms with Crippen molar-refractivity contribution >= 4 is 23.0 Å². The Morgan fingerprint density at radius 2 is 2.29 bits per heavy atom. The molecule has 0 radical (unpaired) electrons. The van der Waals surface area contributed by atoms with Crippen LogP contribution in [0.2, 0.25) is 5.02 Å². The minimum Gasteiger partial charge on any atom is -0.397 e. The molecule has 2 rings (SSSR count). The number of anilines is 2. The van der Waals surface area contributed by atoms with Gasteiger partial charge in [-0.25, -0.2) is 4.39 Å². The molecule has 2 aromatic rings. The lowest BCUT2D eigenvalue weighted by molar-refractivity contribution is 0.608. The van der Waals surface area contributed by atoms with E-state index < -0.39 is 5.82 Å². The molecule has 90 valence electrons. The molecule has 0 unspecified atom stereocenters. The third-order valence-electron chi connectivity index (χ3n) is 2.22. The SMILES string of the molecule is Nc1cc(F)c(Cl)cc1NCCn1ccnn1. The van der Waals surface area contributed by atoms with Crippen molar-refractivity contribution in [1.82, 2.24) is 15.0 Å². The second-order valence-corrected chi connectivity index (χ2v) is 3.85. The number of halogens is 2. The van der Waals surface area contributed by atoms with Crippen LogP contribution in [0.1, 0.15) is 0 Å². The maximum atomic E-state index is 13.0. The standard InChI is InChI=1S/C10H11ClFN5/c11-7-5-10(9(13)6-8(7)12)14-1-3-17-4-2-15-16-17/h2,4-6,14H,1,3,13H2. The number of rotatable bonds is 4. The van der Waals surface area contributed by atoms with Gasteiger partial charge in [0.1, 0.15) is 5.82 Å². The highest BCUT2D eigenvalue weighted by Gasteiger charge is 2.05. The Kier molecular flexibility index (Phi) is 3.43. The average Bonchev–Trinajstić information content (AvgIpc) is 2.78. The van der Waals surface area contributed by atoms with Gasteiger partial charge in [0.15, 0.2) is 0 Å². The first-order chi connectivity index (χ1) is 8.16. The largest absolute Gasteiger partial charge is 0.397 e. The first-order valence-corrected chi connectivity index (χ1v) is 5.37. The molecular formula is C10H11ClFN5. The van der Waals surface area contributed by atoms with Crippen LogP contribution in [0, 0.1) is 5.82 Å². The summed E-state index contributed by atoms with van der Waals surface area (Å²) >= 11 is 5.67. The minimum atomic E-state index is -0.522. The van der Waals surface area contributed by atoms with Gasteiger partial charge in [-0.1, -0.05) is 16.8 Å². The van der Waals surface area contributed by atoms with Crippen molar-refractivity contribution in [2.45, 2.75) is 6.54 Å². The number of aromatic nitrogens is 3. The van der Waals surface area contributed by atoms with E-state index >= 15 is 0 Å².